The van der Waals surface area contributed by atoms with Crippen LogP contribution in [-0.4, -0.2) is 50.6 Å². The molecule has 1 aliphatic rings. The van der Waals surface area contributed by atoms with Gasteiger partial charge < -0.3 is 20.9 Å². The highest BCUT2D eigenvalue weighted by Crippen LogP contribution is 2.19. The number of rotatable bonds is 7. The van der Waals surface area contributed by atoms with E-state index in [0.29, 0.717) is 24.7 Å². The van der Waals surface area contributed by atoms with E-state index in [-0.39, 0.29) is 29.9 Å². The Morgan fingerprint density at radius 3 is 2.45 bits per heavy atom. The number of carbonyl (C=O) groups is 1. The standard InChI is InChI=1S/C22H29N5O.HI/c1-2-23-22(25-15-14-24-21(28)18-9-5-3-6-10-18)26-19-13-16-27(17-19)20-11-7-4-8-12-20;/h3-12,19H,2,13-17H2,1H3,(H,24,28)(H2,23,25,26);1H. The summed E-state index contributed by atoms with van der Waals surface area (Å²) in [6, 6.07) is 20.1. The van der Waals surface area contributed by atoms with E-state index in [4.69, 9.17) is 0 Å². The zero-order valence-corrected chi connectivity index (χ0v) is 19.1. The van der Waals surface area contributed by atoms with E-state index >= 15 is 0 Å². The van der Waals surface area contributed by atoms with Crippen LogP contribution in [0.2, 0.25) is 0 Å². The van der Waals surface area contributed by atoms with E-state index in [1.807, 2.05) is 36.4 Å². The highest BCUT2D eigenvalue weighted by Gasteiger charge is 2.23. The Hall–Kier alpha value is -2.29. The molecule has 1 saturated heterocycles. The number of nitrogens with one attached hydrogen (secondary N) is 3. The second-order valence-electron chi connectivity index (χ2n) is 6.79. The van der Waals surface area contributed by atoms with Crippen LogP contribution in [0.1, 0.15) is 23.7 Å². The minimum atomic E-state index is -0.0666. The smallest absolute Gasteiger partial charge is 0.251 e. The molecule has 29 heavy (non-hydrogen) atoms. The second kappa shape index (κ2) is 12.3. The zero-order valence-electron chi connectivity index (χ0n) is 16.8. The number of hydrogen-bond acceptors (Lipinski definition) is 3. The lowest BCUT2D eigenvalue weighted by Crippen LogP contribution is -2.45. The molecule has 0 saturated carbocycles. The molecule has 0 spiro atoms. The number of nitrogens with zero attached hydrogens (tertiary/aromatic N) is 2. The lowest BCUT2D eigenvalue weighted by molar-refractivity contribution is 0.0955. The molecule has 0 bridgehead atoms. The summed E-state index contributed by atoms with van der Waals surface area (Å²) in [4.78, 5) is 19.1. The maximum Gasteiger partial charge on any atom is 0.251 e. The molecule has 1 unspecified atom stereocenters. The number of guanidine groups is 1. The highest BCUT2D eigenvalue weighted by atomic mass is 127. The fraction of sp³-hybridized carbons (Fsp3) is 0.364. The van der Waals surface area contributed by atoms with Gasteiger partial charge in [0.25, 0.3) is 5.91 Å². The van der Waals surface area contributed by atoms with Gasteiger partial charge in [0.15, 0.2) is 5.96 Å². The molecule has 156 valence electrons. The first-order valence-electron chi connectivity index (χ1n) is 9.94. The van der Waals surface area contributed by atoms with Gasteiger partial charge in [0.1, 0.15) is 0 Å². The van der Waals surface area contributed by atoms with Gasteiger partial charge in [-0.15, -0.1) is 24.0 Å². The fourth-order valence-electron chi connectivity index (χ4n) is 3.29. The Balaban J connectivity index is 0.00000300. The molecular formula is C22H30IN5O. The average molecular weight is 507 g/mol. The number of para-hydroxylation sites is 1. The molecule has 0 radical (unpaired) electrons. The molecular weight excluding hydrogens is 477 g/mol. The van der Waals surface area contributed by atoms with Gasteiger partial charge >= 0.3 is 0 Å². The highest BCUT2D eigenvalue weighted by molar-refractivity contribution is 14.0. The molecule has 1 amide bonds. The van der Waals surface area contributed by atoms with Gasteiger partial charge in [0.05, 0.1) is 6.54 Å². The molecule has 1 atom stereocenters. The third-order valence-corrected chi connectivity index (χ3v) is 4.70. The Kier molecular flexibility index (Phi) is 9.76. The third kappa shape index (κ3) is 7.23. The van der Waals surface area contributed by atoms with E-state index in [9.17, 15) is 4.79 Å². The Morgan fingerprint density at radius 1 is 1.07 bits per heavy atom. The van der Waals surface area contributed by atoms with Gasteiger partial charge in [0, 0.05) is 43.5 Å². The summed E-state index contributed by atoms with van der Waals surface area (Å²) in [7, 11) is 0. The first kappa shape index (κ1) is 23.0. The summed E-state index contributed by atoms with van der Waals surface area (Å²) in [6.07, 6.45) is 1.07. The van der Waals surface area contributed by atoms with Crippen molar-refractivity contribution in [3.8, 4) is 0 Å². The number of amides is 1. The molecule has 6 nitrogen and oxygen atoms in total. The summed E-state index contributed by atoms with van der Waals surface area (Å²) in [5.74, 6) is 0.736. The lowest BCUT2D eigenvalue weighted by Gasteiger charge is -2.20. The monoisotopic (exact) mass is 507 g/mol. The minimum Gasteiger partial charge on any atom is -0.369 e. The van der Waals surface area contributed by atoms with Crippen LogP contribution in [0.25, 0.3) is 0 Å². The second-order valence-corrected chi connectivity index (χ2v) is 6.79. The van der Waals surface area contributed by atoms with E-state index in [1.54, 1.807) is 0 Å². The van der Waals surface area contributed by atoms with Crippen LogP contribution < -0.4 is 20.9 Å². The van der Waals surface area contributed by atoms with Crippen LogP contribution in [-0.2, 0) is 0 Å². The summed E-state index contributed by atoms with van der Waals surface area (Å²) >= 11 is 0. The molecule has 1 fully saturated rings. The van der Waals surface area contributed by atoms with Gasteiger partial charge in [-0.3, -0.25) is 9.79 Å². The maximum absolute atomic E-state index is 12.1. The van der Waals surface area contributed by atoms with Crippen molar-refractivity contribution in [1.29, 1.82) is 0 Å². The number of anilines is 1. The topological polar surface area (TPSA) is 68.8 Å². The first-order chi connectivity index (χ1) is 13.8. The summed E-state index contributed by atoms with van der Waals surface area (Å²) in [5.41, 5.74) is 1.93. The number of benzene rings is 2. The van der Waals surface area contributed by atoms with Crippen LogP contribution in [0.15, 0.2) is 65.7 Å². The van der Waals surface area contributed by atoms with E-state index in [1.165, 1.54) is 5.69 Å². The molecule has 2 aromatic rings. The van der Waals surface area contributed by atoms with Crippen LogP contribution in [0, 0.1) is 0 Å². The third-order valence-electron chi connectivity index (χ3n) is 4.70. The molecule has 0 aliphatic carbocycles. The predicted molar refractivity (Wildman–Crippen MR) is 130 cm³/mol. The molecule has 3 rings (SSSR count). The van der Waals surface area contributed by atoms with E-state index in [0.717, 1.165) is 32.0 Å². The van der Waals surface area contributed by atoms with Crippen molar-refractivity contribution in [1.82, 2.24) is 16.0 Å². The Morgan fingerprint density at radius 2 is 1.76 bits per heavy atom. The summed E-state index contributed by atoms with van der Waals surface area (Å²) in [5, 5.41) is 9.72. The maximum atomic E-state index is 12.1. The number of carbonyl (C=O) groups excluding carboxylic acids is 1. The molecule has 1 heterocycles. The van der Waals surface area contributed by atoms with Crippen LogP contribution in [0.3, 0.4) is 0 Å². The van der Waals surface area contributed by atoms with E-state index < -0.39 is 0 Å². The Labute approximate surface area is 190 Å². The molecule has 1 aliphatic heterocycles. The average Bonchev–Trinajstić information content (AvgIpc) is 3.21. The van der Waals surface area contributed by atoms with Crippen LogP contribution in [0.5, 0.6) is 0 Å². The SMILES string of the molecule is CCNC(=NCCNC(=O)c1ccccc1)NC1CCN(c2ccccc2)C1.I. The molecule has 2 aromatic carbocycles. The lowest BCUT2D eigenvalue weighted by atomic mass is 10.2. The Bertz CT molecular complexity index is 769. The van der Waals surface area contributed by atoms with Gasteiger partial charge in [-0.2, -0.15) is 0 Å². The molecule has 3 N–H and O–H groups in total. The van der Waals surface area contributed by atoms with Crippen molar-refractivity contribution in [2.24, 2.45) is 4.99 Å². The molecule has 7 heteroatoms. The van der Waals surface area contributed by atoms with E-state index in [2.05, 4.69) is 57.0 Å². The number of hydrogen-bond donors (Lipinski definition) is 3. The number of halogens is 1. The van der Waals surface area contributed by atoms with Crippen molar-refractivity contribution in [2.45, 2.75) is 19.4 Å². The quantitative estimate of drug-likeness (QED) is 0.234. The van der Waals surface area contributed by atoms with Crippen molar-refractivity contribution < 1.29 is 4.79 Å². The van der Waals surface area contributed by atoms with Crippen molar-refractivity contribution in [3.63, 3.8) is 0 Å². The van der Waals surface area contributed by atoms with Crippen LogP contribution in [0.4, 0.5) is 5.69 Å². The summed E-state index contributed by atoms with van der Waals surface area (Å²) < 4.78 is 0. The minimum absolute atomic E-state index is 0. The van der Waals surface area contributed by atoms with Gasteiger partial charge in [-0.25, -0.2) is 0 Å². The number of aliphatic imine (C=N–C) groups is 1. The predicted octanol–water partition coefficient (Wildman–Crippen LogP) is 2.87. The van der Waals surface area contributed by atoms with Gasteiger partial charge in [-0.05, 0) is 37.6 Å². The largest absolute Gasteiger partial charge is 0.369 e. The van der Waals surface area contributed by atoms with Crippen LogP contribution >= 0.6 is 24.0 Å². The zero-order chi connectivity index (χ0) is 19.6. The van der Waals surface area contributed by atoms with Crippen molar-refractivity contribution >= 4 is 41.5 Å². The fourth-order valence-corrected chi connectivity index (χ4v) is 3.29. The summed E-state index contributed by atoms with van der Waals surface area (Å²) in [6.45, 7) is 5.89. The van der Waals surface area contributed by atoms with Crippen molar-refractivity contribution in [3.05, 3.63) is 66.2 Å². The normalized spacial score (nSPS) is 16.1. The van der Waals surface area contributed by atoms with Gasteiger partial charge in [0.2, 0.25) is 0 Å². The van der Waals surface area contributed by atoms with Crippen molar-refractivity contribution in [2.75, 3.05) is 37.6 Å². The molecule has 0 aromatic heterocycles. The van der Waals surface area contributed by atoms with Gasteiger partial charge in [-0.1, -0.05) is 36.4 Å². The first-order valence-corrected chi connectivity index (χ1v) is 9.94.